The Balaban J connectivity index is 2.14. The number of ether oxygens (including phenoxy) is 1. The van der Waals surface area contributed by atoms with Gasteiger partial charge in [0.2, 0.25) is 5.90 Å². The van der Waals surface area contributed by atoms with Gasteiger partial charge in [0.05, 0.1) is 0 Å². The number of aryl methyl sites for hydroxylation is 1. The van der Waals surface area contributed by atoms with Gasteiger partial charge in [-0.3, -0.25) is 10.2 Å². The maximum atomic E-state index is 13.4. The van der Waals surface area contributed by atoms with E-state index in [-0.39, 0.29) is 18.2 Å². The molecule has 0 spiro atoms. The normalized spacial score (nSPS) is 10.8. The number of aromatic nitrogens is 3. The first-order valence-corrected chi connectivity index (χ1v) is 6.95. The van der Waals surface area contributed by atoms with Crippen LogP contribution in [0, 0.1) is 17.0 Å². The van der Waals surface area contributed by atoms with Crippen molar-refractivity contribution in [2.24, 2.45) is 12.8 Å². The number of primary amides is 1. The molecule has 0 aliphatic carbocycles. The second-order valence-electron chi connectivity index (χ2n) is 4.94. The van der Waals surface area contributed by atoms with Crippen LogP contribution in [0.1, 0.15) is 5.69 Å². The molecule has 0 bridgehead atoms. The van der Waals surface area contributed by atoms with Crippen molar-refractivity contribution in [1.82, 2.24) is 15.0 Å². The van der Waals surface area contributed by atoms with Crippen molar-refractivity contribution < 1.29 is 23.7 Å². The molecular formula is C15H15F2N6O2+. The zero-order valence-corrected chi connectivity index (χ0v) is 13.2. The molecule has 0 atom stereocenters. The van der Waals surface area contributed by atoms with Crippen molar-refractivity contribution >= 4 is 17.5 Å². The van der Waals surface area contributed by atoms with Gasteiger partial charge in [0.1, 0.15) is 18.0 Å². The van der Waals surface area contributed by atoms with Gasteiger partial charge in [-0.1, -0.05) is 5.21 Å². The van der Waals surface area contributed by atoms with E-state index in [1.807, 2.05) is 0 Å². The van der Waals surface area contributed by atoms with E-state index in [4.69, 9.17) is 21.3 Å². The van der Waals surface area contributed by atoms with Crippen molar-refractivity contribution in [3.8, 4) is 11.3 Å². The third kappa shape index (κ3) is 4.31. The first-order valence-electron chi connectivity index (χ1n) is 6.95. The van der Waals surface area contributed by atoms with Crippen LogP contribution in [0.15, 0.2) is 30.4 Å². The lowest BCUT2D eigenvalue weighted by atomic mass is 10.1. The lowest BCUT2D eigenvalue weighted by Crippen LogP contribution is -2.46. The quantitative estimate of drug-likeness (QED) is 0.479. The summed E-state index contributed by atoms with van der Waals surface area (Å²) in [4.78, 5) is 10.8. The second-order valence-corrected chi connectivity index (χ2v) is 4.94. The zero-order chi connectivity index (χ0) is 18.6. The fourth-order valence-electron chi connectivity index (χ4n) is 1.85. The highest BCUT2D eigenvalue weighted by Crippen LogP contribution is 2.23. The number of nitrogens with two attached hydrogens (primary N) is 2. The van der Waals surface area contributed by atoms with Crippen molar-refractivity contribution in [3.63, 3.8) is 0 Å². The molecular weight excluding hydrogens is 334 g/mol. The number of rotatable bonds is 6. The van der Waals surface area contributed by atoms with Gasteiger partial charge in [0, 0.05) is 24.8 Å². The Morgan fingerprint density at radius 3 is 2.76 bits per heavy atom. The summed E-state index contributed by atoms with van der Waals surface area (Å²) >= 11 is 0. The van der Waals surface area contributed by atoms with Gasteiger partial charge in [-0.15, -0.1) is 5.10 Å². The summed E-state index contributed by atoms with van der Waals surface area (Å²) in [5.74, 6) is -3.09. The van der Waals surface area contributed by atoms with E-state index in [2.05, 4.69) is 10.3 Å². The summed E-state index contributed by atoms with van der Waals surface area (Å²) in [6, 6.07) is 3.34. The zero-order valence-electron chi connectivity index (χ0n) is 13.2. The van der Waals surface area contributed by atoms with Crippen LogP contribution in [0.4, 0.5) is 8.78 Å². The Bertz CT molecular complexity index is 875. The topological polar surface area (TPSA) is 132 Å². The highest BCUT2D eigenvalue weighted by Gasteiger charge is 2.16. The first-order chi connectivity index (χ1) is 11.8. The van der Waals surface area contributed by atoms with Crippen LogP contribution in [0.3, 0.4) is 0 Å². The van der Waals surface area contributed by atoms with Crippen LogP contribution in [-0.4, -0.2) is 32.5 Å². The number of hydrogen-bond acceptors (Lipinski definition) is 5. The van der Waals surface area contributed by atoms with Crippen LogP contribution < -0.4 is 11.1 Å². The minimum Gasteiger partial charge on any atom is -0.471 e. The highest BCUT2D eigenvalue weighted by atomic mass is 19.2. The lowest BCUT2D eigenvalue weighted by Gasteiger charge is -2.07. The van der Waals surface area contributed by atoms with Crippen LogP contribution >= 0.6 is 0 Å². The fourth-order valence-corrected chi connectivity index (χ4v) is 1.85. The van der Waals surface area contributed by atoms with Crippen molar-refractivity contribution in [3.05, 3.63) is 47.7 Å². The molecule has 10 heteroatoms. The Labute approximate surface area is 140 Å². The Hall–Kier alpha value is -3.43. The molecule has 0 aliphatic rings. The van der Waals surface area contributed by atoms with Gasteiger partial charge in [0.15, 0.2) is 11.6 Å². The molecule has 25 heavy (non-hydrogen) atoms. The Morgan fingerprint density at radius 2 is 2.12 bits per heavy atom. The van der Waals surface area contributed by atoms with E-state index >= 15 is 0 Å². The highest BCUT2D eigenvalue weighted by molar-refractivity contribution is 6.40. The van der Waals surface area contributed by atoms with Crippen LogP contribution in [0.5, 0.6) is 0 Å². The fraction of sp³-hybridized carbons (Fsp3) is 0.133. The van der Waals surface area contributed by atoms with Crippen molar-refractivity contribution in [2.45, 2.75) is 6.61 Å². The number of carbonyl (C=O) groups excluding carboxylic acids is 1. The van der Waals surface area contributed by atoms with E-state index in [0.717, 1.165) is 24.3 Å². The van der Waals surface area contributed by atoms with E-state index in [1.54, 1.807) is 7.05 Å². The standard InChI is InChI=1S/C15H14F2N6O2/c1-23-12(7-25-13(19)5-4-11(18)15(20)24)14(21-22-23)8-2-3-9(16)10(17)6-8/h2-6,18-19H,7H2,1H3,(H2,20,24)/p+1/b5-4-,18-11?,19-13?. The van der Waals surface area contributed by atoms with Crippen molar-refractivity contribution in [2.75, 3.05) is 0 Å². The molecule has 1 aromatic carbocycles. The number of nitrogens with one attached hydrogen (secondary N) is 1. The lowest BCUT2D eigenvalue weighted by molar-refractivity contribution is -0.133. The van der Waals surface area contributed by atoms with Gasteiger partial charge in [-0.05, 0) is 18.2 Å². The van der Waals surface area contributed by atoms with Gasteiger partial charge in [-0.25, -0.2) is 18.9 Å². The molecule has 0 saturated carbocycles. The third-order valence-electron chi connectivity index (χ3n) is 3.20. The molecule has 0 unspecified atom stereocenters. The molecule has 5 N–H and O–H groups in total. The Kier molecular flexibility index (Phi) is 5.32. The smallest absolute Gasteiger partial charge is 0.312 e. The predicted molar refractivity (Wildman–Crippen MR) is 84.1 cm³/mol. The first kappa shape index (κ1) is 17.9. The maximum Gasteiger partial charge on any atom is 0.312 e. The second kappa shape index (κ2) is 7.43. The van der Waals surface area contributed by atoms with Crippen LogP contribution in [0.2, 0.25) is 0 Å². The van der Waals surface area contributed by atoms with Gasteiger partial charge in [0.25, 0.3) is 5.71 Å². The summed E-state index contributed by atoms with van der Waals surface area (Å²) in [6.45, 7) is -0.114. The SMILES string of the molecule is Cn1nnc(-c2ccc(F)c(F)c2)c1COC(=N)/C=C\C(=[NH2+])C(N)=O. The molecule has 0 radical (unpaired) electrons. The maximum absolute atomic E-state index is 13.4. The number of nitrogens with zero attached hydrogens (tertiary/aromatic N) is 3. The van der Waals surface area contributed by atoms with E-state index in [0.29, 0.717) is 17.0 Å². The van der Waals surface area contributed by atoms with Crippen LogP contribution in [0.25, 0.3) is 11.3 Å². The summed E-state index contributed by atoms with van der Waals surface area (Å²) in [5.41, 5.74) is 5.79. The van der Waals surface area contributed by atoms with E-state index in [9.17, 15) is 13.6 Å². The molecule has 2 aromatic rings. The van der Waals surface area contributed by atoms with Gasteiger partial charge >= 0.3 is 5.91 Å². The molecule has 1 amide bonds. The molecule has 1 heterocycles. The minimum absolute atomic E-state index is 0.114. The summed E-state index contributed by atoms with van der Waals surface area (Å²) in [7, 11) is 1.59. The van der Waals surface area contributed by atoms with Gasteiger partial charge in [-0.2, -0.15) is 0 Å². The van der Waals surface area contributed by atoms with Crippen LogP contribution in [-0.2, 0) is 23.2 Å². The number of amides is 1. The number of carbonyl (C=O) groups is 1. The van der Waals surface area contributed by atoms with E-state index in [1.165, 1.54) is 10.7 Å². The number of halogens is 2. The molecule has 0 aliphatic heterocycles. The summed E-state index contributed by atoms with van der Waals surface area (Å²) in [5, 5.41) is 20.7. The average Bonchev–Trinajstić information content (AvgIpc) is 2.93. The molecule has 0 fully saturated rings. The molecule has 8 nitrogen and oxygen atoms in total. The van der Waals surface area contributed by atoms with Gasteiger partial charge < -0.3 is 10.5 Å². The van der Waals surface area contributed by atoms with Crippen molar-refractivity contribution in [1.29, 1.82) is 5.41 Å². The monoisotopic (exact) mass is 349 g/mol. The molecule has 1 aromatic heterocycles. The summed E-state index contributed by atoms with van der Waals surface area (Å²) < 4.78 is 33.1. The molecule has 0 saturated heterocycles. The number of benzene rings is 1. The predicted octanol–water partition coefficient (Wildman–Crippen LogP) is -0.504. The number of hydrogen-bond donors (Lipinski definition) is 3. The largest absolute Gasteiger partial charge is 0.471 e. The molecule has 130 valence electrons. The Morgan fingerprint density at radius 1 is 1.40 bits per heavy atom. The van der Waals surface area contributed by atoms with E-state index < -0.39 is 17.5 Å². The third-order valence-corrected chi connectivity index (χ3v) is 3.20. The molecule has 2 rings (SSSR count). The summed E-state index contributed by atoms with van der Waals surface area (Å²) in [6.07, 6.45) is 2.30. The minimum atomic E-state index is -1.01. The average molecular weight is 349 g/mol.